The van der Waals surface area contributed by atoms with Gasteiger partial charge in [0, 0.05) is 44.6 Å². The van der Waals surface area contributed by atoms with Crippen LogP contribution in [0.4, 0.5) is 5.13 Å². The van der Waals surface area contributed by atoms with Crippen LogP contribution < -0.4 is 4.90 Å². The first-order chi connectivity index (χ1) is 12.4. The van der Waals surface area contributed by atoms with E-state index in [0.29, 0.717) is 0 Å². The highest BCUT2D eigenvalue weighted by Crippen LogP contribution is 2.29. The number of aromatic amines is 1. The summed E-state index contributed by atoms with van der Waals surface area (Å²) in [6, 6.07) is 2.05. The van der Waals surface area contributed by atoms with Gasteiger partial charge in [-0.05, 0) is 37.3 Å². The Hall–Kier alpha value is -1.99. The zero-order chi connectivity index (χ0) is 16.6. The number of hydrogen-bond donors (Lipinski definition) is 1. The SMILES string of the molecule is c1cc2sc(N3CCN(Cc4n[nH]c5c4CCCC5)CC3)nc2cn1. The van der Waals surface area contributed by atoms with E-state index in [-0.39, 0.29) is 0 Å². The molecular weight excluding hydrogens is 332 g/mol. The zero-order valence-corrected chi connectivity index (χ0v) is 15.1. The van der Waals surface area contributed by atoms with Crippen molar-refractivity contribution in [1.29, 1.82) is 0 Å². The molecule has 1 saturated heterocycles. The number of thiazole rings is 1. The van der Waals surface area contributed by atoms with Gasteiger partial charge in [-0.15, -0.1) is 0 Å². The van der Waals surface area contributed by atoms with Gasteiger partial charge in [-0.3, -0.25) is 15.0 Å². The second-order valence-electron chi connectivity index (χ2n) is 6.94. The van der Waals surface area contributed by atoms with E-state index >= 15 is 0 Å². The van der Waals surface area contributed by atoms with E-state index in [1.807, 2.05) is 18.5 Å². The summed E-state index contributed by atoms with van der Waals surface area (Å²) in [5.74, 6) is 0. The standard InChI is InChI=1S/C18H22N6S/c1-2-4-14-13(3-1)16(22-21-14)12-23-7-9-24(10-8-23)18-20-15-11-19-6-5-17(15)25-18/h5-6,11H,1-4,7-10,12H2,(H,21,22). The van der Waals surface area contributed by atoms with Crippen LogP contribution in [0.3, 0.4) is 0 Å². The van der Waals surface area contributed by atoms with Gasteiger partial charge in [-0.25, -0.2) is 4.98 Å². The van der Waals surface area contributed by atoms with Crippen LogP contribution in [-0.2, 0) is 19.4 Å². The van der Waals surface area contributed by atoms with Gasteiger partial charge in [0.25, 0.3) is 0 Å². The van der Waals surface area contributed by atoms with Gasteiger partial charge in [0.2, 0.25) is 0 Å². The number of nitrogens with zero attached hydrogens (tertiary/aromatic N) is 5. The molecule has 0 saturated carbocycles. The van der Waals surface area contributed by atoms with E-state index in [0.717, 1.165) is 43.4 Å². The number of aryl methyl sites for hydroxylation is 1. The van der Waals surface area contributed by atoms with Crippen molar-refractivity contribution in [2.75, 3.05) is 31.1 Å². The van der Waals surface area contributed by atoms with Crippen LogP contribution in [0.1, 0.15) is 29.8 Å². The summed E-state index contributed by atoms with van der Waals surface area (Å²) in [4.78, 5) is 13.8. The first kappa shape index (κ1) is 15.3. The predicted octanol–water partition coefficient (Wildman–Crippen LogP) is 2.62. The molecule has 4 heterocycles. The third-order valence-electron chi connectivity index (χ3n) is 5.34. The Labute approximate surface area is 150 Å². The van der Waals surface area contributed by atoms with Crippen LogP contribution in [0.5, 0.6) is 0 Å². The number of aromatic nitrogens is 4. The van der Waals surface area contributed by atoms with Crippen molar-refractivity contribution in [3.8, 4) is 0 Å². The molecule has 130 valence electrons. The molecule has 6 nitrogen and oxygen atoms in total. The number of anilines is 1. The molecule has 5 rings (SSSR count). The van der Waals surface area contributed by atoms with Crippen molar-refractivity contribution >= 4 is 26.7 Å². The highest BCUT2D eigenvalue weighted by Gasteiger charge is 2.23. The number of rotatable bonds is 3. The first-order valence-electron chi connectivity index (χ1n) is 9.10. The monoisotopic (exact) mass is 354 g/mol. The average molecular weight is 354 g/mol. The van der Waals surface area contributed by atoms with Crippen LogP contribution in [-0.4, -0.2) is 51.2 Å². The normalized spacial score (nSPS) is 18.6. The van der Waals surface area contributed by atoms with E-state index in [4.69, 9.17) is 4.98 Å². The highest BCUT2D eigenvalue weighted by atomic mass is 32.1. The predicted molar refractivity (Wildman–Crippen MR) is 100 cm³/mol. The average Bonchev–Trinajstić information content (AvgIpc) is 3.27. The molecule has 0 atom stereocenters. The van der Waals surface area contributed by atoms with Crippen molar-refractivity contribution in [3.63, 3.8) is 0 Å². The number of piperazine rings is 1. The lowest BCUT2D eigenvalue weighted by Crippen LogP contribution is -2.46. The van der Waals surface area contributed by atoms with Gasteiger partial charge >= 0.3 is 0 Å². The molecule has 3 aromatic rings. The molecule has 1 aliphatic carbocycles. The highest BCUT2D eigenvalue weighted by molar-refractivity contribution is 7.22. The van der Waals surface area contributed by atoms with Gasteiger partial charge in [0.05, 0.1) is 16.6 Å². The van der Waals surface area contributed by atoms with Crippen molar-refractivity contribution in [2.45, 2.75) is 32.2 Å². The summed E-state index contributed by atoms with van der Waals surface area (Å²) in [5, 5.41) is 8.99. The topological polar surface area (TPSA) is 60.9 Å². The maximum absolute atomic E-state index is 4.74. The lowest BCUT2D eigenvalue weighted by Gasteiger charge is -2.34. The third kappa shape index (κ3) is 2.91. The Morgan fingerprint density at radius 1 is 1.12 bits per heavy atom. The van der Waals surface area contributed by atoms with Gasteiger partial charge in [-0.2, -0.15) is 5.10 Å². The van der Waals surface area contributed by atoms with Gasteiger partial charge < -0.3 is 4.90 Å². The fourth-order valence-electron chi connectivity index (χ4n) is 3.89. The number of nitrogens with one attached hydrogen (secondary N) is 1. The Kier molecular flexibility index (Phi) is 3.90. The van der Waals surface area contributed by atoms with E-state index in [1.54, 1.807) is 11.3 Å². The summed E-state index contributed by atoms with van der Waals surface area (Å²) < 4.78 is 1.22. The molecule has 7 heteroatoms. The van der Waals surface area contributed by atoms with Gasteiger partial charge in [-0.1, -0.05) is 11.3 Å². The van der Waals surface area contributed by atoms with Crippen molar-refractivity contribution in [3.05, 3.63) is 35.4 Å². The van der Waals surface area contributed by atoms with Crippen LogP contribution in [0, 0.1) is 0 Å². The third-order valence-corrected chi connectivity index (χ3v) is 6.43. The van der Waals surface area contributed by atoms with E-state index < -0.39 is 0 Å². The number of hydrogen-bond acceptors (Lipinski definition) is 6. The zero-order valence-electron chi connectivity index (χ0n) is 14.2. The van der Waals surface area contributed by atoms with E-state index in [1.165, 1.54) is 47.3 Å². The Morgan fingerprint density at radius 3 is 2.88 bits per heavy atom. The Morgan fingerprint density at radius 2 is 2.00 bits per heavy atom. The lowest BCUT2D eigenvalue weighted by molar-refractivity contribution is 0.246. The molecule has 0 spiro atoms. The maximum Gasteiger partial charge on any atom is 0.186 e. The maximum atomic E-state index is 4.74. The molecule has 0 unspecified atom stereocenters. The van der Waals surface area contributed by atoms with E-state index in [2.05, 4.69) is 25.0 Å². The van der Waals surface area contributed by atoms with Crippen molar-refractivity contribution in [1.82, 2.24) is 25.1 Å². The summed E-state index contributed by atoms with van der Waals surface area (Å²) in [6.45, 7) is 5.16. The molecule has 1 N–H and O–H groups in total. The largest absolute Gasteiger partial charge is 0.345 e. The molecule has 0 radical (unpaired) electrons. The lowest BCUT2D eigenvalue weighted by atomic mass is 9.96. The molecule has 2 aliphatic rings. The quantitative estimate of drug-likeness (QED) is 0.783. The van der Waals surface area contributed by atoms with E-state index in [9.17, 15) is 0 Å². The van der Waals surface area contributed by atoms with Gasteiger partial charge in [0.1, 0.15) is 5.52 Å². The molecule has 0 aromatic carbocycles. The Bertz CT molecular complexity index is 844. The van der Waals surface area contributed by atoms with Crippen LogP contribution in [0.2, 0.25) is 0 Å². The minimum Gasteiger partial charge on any atom is -0.345 e. The molecule has 3 aromatic heterocycles. The van der Waals surface area contributed by atoms with Crippen LogP contribution in [0.25, 0.3) is 10.2 Å². The van der Waals surface area contributed by atoms with Crippen molar-refractivity contribution < 1.29 is 0 Å². The molecule has 1 fully saturated rings. The summed E-state index contributed by atoms with van der Waals surface area (Å²) in [5.41, 5.74) is 5.15. The number of H-pyrrole nitrogens is 1. The molecule has 0 bridgehead atoms. The fraction of sp³-hybridized carbons (Fsp3) is 0.500. The minimum atomic E-state index is 0.976. The van der Waals surface area contributed by atoms with Crippen LogP contribution >= 0.6 is 11.3 Å². The summed E-state index contributed by atoms with van der Waals surface area (Å²) in [6.07, 6.45) is 8.66. The smallest absolute Gasteiger partial charge is 0.186 e. The Balaban J connectivity index is 1.24. The fourth-order valence-corrected chi connectivity index (χ4v) is 4.88. The summed E-state index contributed by atoms with van der Waals surface area (Å²) >= 11 is 1.77. The van der Waals surface area contributed by atoms with Crippen molar-refractivity contribution in [2.24, 2.45) is 0 Å². The number of pyridine rings is 1. The second kappa shape index (κ2) is 6.38. The van der Waals surface area contributed by atoms with Gasteiger partial charge in [0.15, 0.2) is 5.13 Å². The number of fused-ring (bicyclic) bond motifs is 2. The second-order valence-corrected chi connectivity index (χ2v) is 7.95. The minimum absolute atomic E-state index is 0.976. The molecular formula is C18H22N6S. The molecule has 1 aliphatic heterocycles. The molecule has 0 amide bonds. The molecule has 25 heavy (non-hydrogen) atoms. The van der Waals surface area contributed by atoms with Crippen LogP contribution in [0.15, 0.2) is 18.5 Å². The first-order valence-corrected chi connectivity index (χ1v) is 9.91. The summed E-state index contributed by atoms with van der Waals surface area (Å²) in [7, 11) is 0.